The molecule has 2 aromatic heterocycles. The summed E-state index contributed by atoms with van der Waals surface area (Å²) in [5.74, 6) is -0.300. The van der Waals surface area contributed by atoms with E-state index in [1.165, 1.54) is 16.2 Å². The average Bonchev–Trinajstić information content (AvgIpc) is 3.05. The molecular formula is C24H22N4O3. The lowest BCUT2D eigenvalue weighted by Crippen LogP contribution is -2.23. The molecule has 2 aromatic carbocycles. The summed E-state index contributed by atoms with van der Waals surface area (Å²) in [4.78, 5) is 35.3. The molecule has 4 aromatic rings. The number of carbonyl (C=O) groups excluding carboxylic acids is 1. The number of allylic oxidation sites excluding steroid dienone is 1. The van der Waals surface area contributed by atoms with E-state index < -0.39 is 5.97 Å². The van der Waals surface area contributed by atoms with Crippen molar-refractivity contribution in [1.82, 2.24) is 19.1 Å². The lowest BCUT2D eigenvalue weighted by molar-refractivity contribution is 0.0596. The Morgan fingerprint density at radius 3 is 2.45 bits per heavy atom. The van der Waals surface area contributed by atoms with E-state index >= 15 is 0 Å². The van der Waals surface area contributed by atoms with Gasteiger partial charge in [-0.1, -0.05) is 54.1 Å². The standard InChI is InChI=1S/C24H22N4O3/c1-5-14-27-20-19(23(29)31-4)25-21(17-12-10-15(2)11-13-17)26-22(20)28(24(27)30)18-9-7-6-8-16(18)3/h5-13H,1,14H2,2-4H3. The Balaban J connectivity index is 2.16. The van der Waals surface area contributed by atoms with Crippen molar-refractivity contribution in [3.8, 4) is 17.1 Å². The maximum Gasteiger partial charge on any atom is 0.359 e. The number of hydrogen-bond acceptors (Lipinski definition) is 5. The topological polar surface area (TPSA) is 79.0 Å². The number of ether oxygens (including phenoxy) is 1. The number of esters is 1. The number of rotatable bonds is 5. The Hall–Kier alpha value is -4.00. The van der Waals surface area contributed by atoms with Gasteiger partial charge in [0.2, 0.25) is 0 Å². The van der Waals surface area contributed by atoms with Crippen LogP contribution in [0.3, 0.4) is 0 Å². The van der Waals surface area contributed by atoms with Crippen LogP contribution in [0.15, 0.2) is 66.0 Å². The zero-order valence-corrected chi connectivity index (χ0v) is 17.6. The predicted molar refractivity (Wildman–Crippen MR) is 120 cm³/mol. The van der Waals surface area contributed by atoms with E-state index in [0.717, 1.165) is 16.7 Å². The second kappa shape index (κ2) is 8.02. The van der Waals surface area contributed by atoms with Gasteiger partial charge in [-0.2, -0.15) is 0 Å². The first-order chi connectivity index (χ1) is 15.0. The highest BCUT2D eigenvalue weighted by Crippen LogP contribution is 2.25. The minimum absolute atomic E-state index is 0.0364. The molecule has 0 N–H and O–H groups in total. The normalized spacial score (nSPS) is 10.9. The molecule has 0 fully saturated rings. The van der Waals surface area contributed by atoms with Crippen LogP contribution in [-0.2, 0) is 11.3 Å². The molecule has 2 heterocycles. The summed E-state index contributed by atoms with van der Waals surface area (Å²) >= 11 is 0. The van der Waals surface area contributed by atoms with Gasteiger partial charge in [-0.25, -0.2) is 24.1 Å². The van der Waals surface area contributed by atoms with Crippen LogP contribution in [0.25, 0.3) is 28.2 Å². The summed E-state index contributed by atoms with van der Waals surface area (Å²) in [6.07, 6.45) is 1.60. The summed E-state index contributed by atoms with van der Waals surface area (Å²) in [5, 5.41) is 0. The lowest BCUT2D eigenvalue weighted by Gasteiger charge is -2.09. The third kappa shape index (κ3) is 3.44. The molecule has 0 saturated carbocycles. The molecule has 7 nitrogen and oxygen atoms in total. The Morgan fingerprint density at radius 2 is 1.81 bits per heavy atom. The largest absolute Gasteiger partial charge is 0.464 e. The van der Waals surface area contributed by atoms with Crippen molar-refractivity contribution in [2.75, 3.05) is 7.11 Å². The molecule has 0 aliphatic carbocycles. The number of aryl methyl sites for hydroxylation is 2. The van der Waals surface area contributed by atoms with E-state index in [0.29, 0.717) is 22.7 Å². The highest BCUT2D eigenvalue weighted by molar-refractivity contribution is 6.00. The third-order valence-electron chi connectivity index (χ3n) is 5.13. The van der Waals surface area contributed by atoms with Crippen molar-refractivity contribution in [1.29, 1.82) is 0 Å². The summed E-state index contributed by atoms with van der Waals surface area (Å²) < 4.78 is 7.94. The Kier molecular flexibility index (Phi) is 5.25. The van der Waals surface area contributed by atoms with E-state index in [-0.39, 0.29) is 17.9 Å². The van der Waals surface area contributed by atoms with E-state index in [2.05, 4.69) is 11.6 Å². The number of nitrogens with zero attached hydrogens (tertiary/aromatic N) is 4. The van der Waals surface area contributed by atoms with Crippen molar-refractivity contribution in [3.63, 3.8) is 0 Å². The molecule has 0 aliphatic rings. The second-order valence-electron chi connectivity index (χ2n) is 7.23. The first-order valence-corrected chi connectivity index (χ1v) is 9.81. The molecule has 0 atom stereocenters. The lowest BCUT2D eigenvalue weighted by atomic mass is 10.1. The van der Waals surface area contributed by atoms with E-state index in [1.807, 2.05) is 62.4 Å². The Labute approximate surface area is 179 Å². The van der Waals surface area contributed by atoms with Gasteiger partial charge < -0.3 is 4.74 Å². The van der Waals surface area contributed by atoms with Crippen LogP contribution in [-0.4, -0.2) is 32.2 Å². The van der Waals surface area contributed by atoms with Gasteiger partial charge in [0.05, 0.1) is 12.8 Å². The van der Waals surface area contributed by atoms with Gasteiger partial charge in [0, 0.05) is 12.1 Å². The van der Waals surface area contributed by atoms with E-state index in [4.69, 9.17) is 9.72 Å². The van der Waals surface area contributed by atoms with Crippen LogP contribution in [0.1, 0.15) is 21.6 Å². The summed E-state index contributed by atoms with van der Waals surface area (Å²) in [7, 11) is 1.29. The molecule has 31 heavy (non-hydrogen) atoms. The third-order valence-corrected chi connectivity index (χ3v) is 5.13. The number of methoxy groups -OCH3 is 1. The van der Waals surface area contributed by atoms with Crippen molar-refractivity contribution in [3.05, 3.63) is 88.5 Å². The van der Waals surface area contributed by atoms with Gasteiger partial charge in [0.1, 0.15) is 5.52 Å². The monoisotopic (exact) mass is 414 g/mol. The molecule has 0 unspecified atom stereocenters. The molecule has 4 rings (SSSR count). The maximum absolute atomic E-state index is 13.4. The molecule has 0 aliphatic heterocycles. The second-order valence-corrected chi connectivity index (χ2v) is 7.23. The molecular weight excluding hydrogens is 392 g/mol. The summed E-state index contributed by atoms with van der Waals surface area (Å²) in [6, 6.07) is 15.2. The zero-order valence-electron chi connectivity index (χ0n) is 17.6. The smallest absolute Gasteiger partial charge is 0.359 e. The van der Waals surface area contributed by atoms with E-state index in [9.17, 15) is 9.59 Å². The number of imidazole rings is 1. The van der Waals surface area contributed by atoms with Crippen molar-refractivity contribution >= 4 is 17.1 Å². The van der Waals surface area contributed by atoms with Gasteiger partial charge >= 0.3 is 11.7 Å². The van der Waals surface area contributed by atoms with Gasteiger partial charge in [-0.3, -0.25) is 4.57 Å². The number of fused-ring (bicyclic) bond motifs is 1. The maximum atomic E-state index is 13.4. The van der Waals surface area contributed by atoms with Gasteiger partial charge in [-0.05, 0) is 25.5 Å². The molecule has 156 valence electrons. The van der Waals surface area contributed by atoms with Crippen LogP contribution >= 0.6 is 0 Å². The van der Waals surface area contributed by atoms with Crippen molar-refractivity contribution < 1.29 is 9.53 Å². The zero-order chi connectivity index (χ0) is 22.1. The van der Waals surface area contributed by atoms with Crippen LogP contribution in [0.2, 0.25) is 0 Å². The quantitative estimate of drug-likeness (QED) is 0.366. The summed E-state index contributed by atoms with van der Waals surface area (Å²) in [6.45, 7) is 7.85. The Bertz CT molecular complexity index is 1360. The fourth-order valence-electron chi connectivity index (χ4n) is 3.56. The van der Waals surface area contributed by atoms with Crippen LogP contribution in [0.5, 0.6) is 0 Å². The molecule has 0 amide bonds. The average molecular weight is 414 g/mol. The molecule has 7 heteroatoms. The SMILES string of the molecule is C=CCn1c(=O)n(-c2ccccc2C)c2nc(-c3ccc(C)cc3)nc(C(=O)OC)c21. The molecule has 0 saturated heterocycles. The Morgan fingerprint density at radius 1 is 1.10 bits per heavy atom. The van der Waals surface area contributed by atoms with Crippen LogP contribution in [0.4, 0.5) is 0 Å². The predicted octanol–water partition coefficient (Wildman–Crippen LogP) is 3.84. The summed E-state index contributed by atoms with van der Waals surface area (Å²) in [5.41, 5.74) is 3.77. The van der Waals surface area contributed by atoms with Crippen LogP contribution < -0.4 is 5.69 Å². The fourth-order valence-corrected chi connectivity index (χ4v) is 3.56. The first kappa shape index (κ1) is 20.3. The number of benzene rings is 2. The number of para-hydroxylation sites is 1. The van der Waals surface area contributed by atoms with Gasteiger partial charge in [0.25, 0.3) is 0 Å². The van der Waals surface area contributed by atoms with Crippen molar-refractivity contribution in [2.24, 2.45) is 0 Å². The number of aromatic nitrogens is 4. The number of hydrogen-bond donors (Lipinski definition) is 0. The number of carbonyl (C=O) groups is 1. The minimum atomic E-state index is -0.638. The first-order valence-electron chi connectivity index (χ1n) is 9.81. The highest BCUT2D eigenvalue weighted by Gasteiger charge is 2.25. The minimum Gasteiger partial charge on any atom is -0.464 e. The van der Waals surface area contributed by atoms with Gasteiger partial charge in [-0.15, -0.1) is 6.58 Å². The van der Waals surface area contributed by atoms with Gasteiger partial charge in [0.15, 0.2) is 17.2 Å². The molecule has 0 bridgehead atoms. The molecule has 0 spiro atoms. The van der Waals surface area contributed by atoms with Crippen LogP contribution in [0, 0.1) is 13.8 Å². The fraction of sp³-hybridized carbons (Fsp3) is 0.167. The molecule has 0 radical (unpaired) electrons. The van der Waals surface area contributed by atoms with Crippen molar-refractivity contribution in [2.45, 2.75) is 20.4 Å². The van der Waals surface area contributed by atoms with E-state index in [1.54, 1.807) is 6.08 Å². The highest BCUT2D eigenvalue weighted by atomic mass is 16.5.